The van der Waals surface area contributed by atoms with Crippen LogP contribution >= 0.6 is 0 Å². The van der Waals surface area contributed by atoms with Gasteiger partial charge in [0.05, 0.1) is 38.3 Å². The zero-order valence-corrected chi connectivity index (χ0v) is 11.7. The van der Waals surface area contributed by atoms with Crippen LogP contribution in [0, 0.1) is 5.92 Å². The topological polar surface area (TPSA) is 84.8 Å². The Morgan fingerprint density at radius 3 is 2.95 bits per heavy atom. The first-order chi connectivity index (χ1) is 9.67. The molecule has 1 aliphatic rings. The molecular formula is C13H19N3O4. The minimum atomic E-state index is -0.847. The van der Waals surface area contributed by atoms with Gasteiger partial charge in [0.15, 0.2) is 5.82 Å². The molecule has 2 heterocycles. The van der Waals surface area contributed by atoms with Crippen LogP contribution in [0.5, 0.6) is 5.88 Å². The van der Waals surface area contributed by atoms with Crippen LogP contribution in [0.1, 0.15) is 13.8 Å². The first-order valence-electron chi connectivity index (χ1n) is 6.69. The van der Waals surface area contributed by atoms with E-state index in [1.807, 2.05) is 18.7 Å². The number of carbonyl (C=O) groups is 1. The van der Waals surface area contributed by atoms with Crippen molar-refractivity contribution in [2.24, 2.45) is 5.92 Å². The molecule has 0 saturated carbocycles. The van der Waals surface area contributed by atoms with Gasteiger partial charge < -0.3 is 19.5 Å². The minimum Gasteiger partial charge on any atom is -0.481 e. The lowest BCUT2D eigenvalue weighted by molar-refractivity contribution is -0.141. The van der Waals surface area contributed by atoms with Crippen molar-refractivity contribution >= 4 is 11.8 Å². The van der Waals surface area contributed by atoms with E-state index in [9.17, 15) is 9.90 Å². The maximum absolute atomic E-state index is 11.3. The smallest absolute Gasteiger partial charge is 0.311 e. The molecule has 1 N–H and O–H groups in total. The second-order valence-corrected chi connectivity index (χ2v) is 4.48. The Bertz CT molecular complexity index is 469. The van der Waals surface area contributed by atoms with Crippen molar-refractivity contribution in [1.82, 2.24) is 9.97 Å². The molecule has 1 aromatic heterocycles. The number of carboxylic acid groups (broad SMARTS) is 1. The van der Waals surface area contributed by atoms with Crippen molar-refractivity contribution in [2.75, 3.05) is 31.3 Å². The van der Waals surface area contributed by atoms with Crippen LogP contribution in [0.4, 0.5) is 5.82 Å². The number of hydrogen-bond acceptors (Lipinski definition) is 6. The van der Waals surface area contributed by atoms with Gasteiger partial charge in [-0.2, -0.15) is 4.98 Å². The molecule has 2 unspecified atom stereocenters. The van der Waals surface area contributed by atoms with Crippen molar-refractivity contribution in [2.45, 2.75) is 19.9 Å². The van der Waals surface area contributed by atoms with Gasteiger partial charge in [-0.15, -0.1) is 0 Å². The van der Waals surface area contributed by atoms with Gasteiger partial charge in [-0.05, 0) is 13.8 Å². The van der Waals surface area contributed by atoms with E-state index in [1.54, 1.807) is 12.4 Å². The first-order valence-corrected chi connectivity index (χ1v) is 6.69. The lowest BCUT2D eigenvalue weighted by Gasteiger charge is -2.30. The van der Waals surface area contributed by atoms with Gasteiger partial charge in [-0.25, -0.2) is 0 Å². The van der Waals surface area contributed by atoms with Gasteiger partial charge in [-0.1, -0.05) is 0 Å². The van der Waals surface area contributed by atoms with Gasteiger partial charge >= 0.3 is 5.97 Å². The summed E-state index contributed by atoms with van der Waals surface area (Å²) in [5.74, 6) is -0.346. The Morgan fingerprint density at radius 2 is 2.30 bits per heavy atom. The summed E-state index contributed by atoms with van der Waals surface area (Å²) in [4.78, 5) is 21.6. The van der Waals surface area contributed by atoms with Gasteiger partial charge in [0.2, 0.25) is 5.88 Å². The summed E-state index contributed by atoms with van der Waals surface area (Å²) >= 11 is 0. The Balaban J connectivity index is 2.23. The monoisotopic (exact) mass is 281 g/mol. The average molecular weight is 281 g/mol. The molecular weight excluding hydrogens is 262 g/mol. The van der Waals surface area contributed by atoms with E-state index in [1.165, 1.54) is 0 Å². The van der Waals surface area contributed by atoms with Gasteiger partial charge in [0.1, 0.15) is 5.92 Å². The molecule has 20 heavy (non-hydrogen) atoms. The Hall–Kier alpha value is -1.89. The normalized spacial score (nSPS) is 21.7. The molecule has 0 aromatic carbocycles. The van der Waals surface area contributed by atoms with Crippen LogP contribution in [0.2, 0.25) is 0 Å². The summed E-state index contributed by atoms with van der Waals surface area (Å²) in [6.07, 6.45) is 3.16. The number of hydrogen-bond donors (Lipinski definition) is 1. The molecule has 7 nitrogen and oxygen atoms in total. The molecule has 2 atom stereocenters. The fraction of sp³-hybridized carbons (Fsp3) is 0.615. The SMILES string of the molecule is CCOc1cncc(N(CC)C2COCC2C(=O)O)n1. The highest BCUT2D eigenvalue weighted by atomic mass is 16.5. The molecule has 0 bridgehead atoms. The third-order valence-corrected chi connectivity index (χ3v) is 3.29. The Labute approximate surface area is 117 Å². The van der Waals surface area contributed by atoms with Crippen molar-refractivity contribution in [1.29, 1.82) is 0 Å². The number of nitrogens with zero attached hydrogens (tertiary/aromatic N) is 3. The molecule has 0 aliphatic carbocycles. The van der Waals surface area contributed by atoms with E-state index >= 15 is 0 Å². The summed E-state index contributed by atoms with van der Waals surface area (Å²) in [6.45, 7) is 5.57. The summed E-state index contributed by atoms with van der Waals surface area (Å²) in [7, 11) is 0. The second kappa shape index (κ2) is 6.51. The second-order valence-electron chi connectivity index (χ2n) is 4.48. The van der Waals surface area contributed by atoms with Crippen molar-refractivity contribution in [3.8, 4) is 5.88 Å². The summed E-state index contributed by atoms with van der Waals surface area (Å²) in [5.41, 5.74) is 0. The number of aromatic nitrogens is 2. The fourth-order valence-electron chi connectivity index (χ4n) is 2.35. The van der Waals surface area contributed by atoms with E-state index in [2.05, 4.69) is 9.97 Å². The van der Waals surface area contributed by atoms with Crippen molar-refractivity contribution in [3.63, 3.8) is 0 Å². The standard InChI is InChI=1S/C13H19N3O4/c1-3-16(10-8-19-7-9(10)13(17)18)11-5-14-6-12(15-11)20-4-2/h5-6,9-10H,3-4,7-8H2,1-2H3,(H,17,18). The summed E-state index contributed by atoms with van der Waals surface area (Å²) in [6, 6.07) is -0.233. The van der Waals surface area contributed by atoms with E-state index in [0.29, 0.717) is 31.5 Å². The number of aliphatic carboxylic acids is 1. The van der Waals surface area contributed by atoms with Gasteiger partial charge in [-0.3, -0.25) is 9.78 Å². The molecule has 0 spiro atoms. The maximum Gasteiger partial charge on any atom is 0.311 e. The quantitative estimate of drug-likeness (QED) is 0.825. The molecule has 2 rings (SSSR count). The van der Waals surface area contributed by atoms with E-state index in [0.717, 1.165) is 0 Å². The molecule has 1 fully saturated rings. The third kappa shape index (κ3) is 2.98. The predicted octanol–water partition coefficient (Wildman–Crippen LogP) is 0.801. The molecule has 1 aromatic rings. The molecule has 110 valence electrons. The predicted molar refractivity (Wildman–Crippen MR) is 72.0 cm³/mol. The zero-order valence-electron chi connectivity index (χ0n) is 11.7. The van der Waals surface area contributed by atoms with Crippen LogP contribution in [-0.4, -0.2) is 53.5 Å². The highest BCUT2D eigenvalue weighted by Crippen LogP contribution is 2.25. The molecule has 1 aliphatic heterocycles. The number of ether oxygens (including phenoxy) is 2. The average Bonchev–Trinajstić information content (AvgIpc) is 2.90. The highest BCUT2D eigenvalue weighted by Gasteiger charge is 2.38. The van der Waals surface area contributed by atoms with Crippen LogP contribution in [-0.2, 0) is 9.53 Å². The van der Waals surface area contributed by atoms with Gasteiger partial charge in [0.25, 0.3) is 0 Å². The van der Waals surface area contributed by atoms with E-state index in [4.69, 9.17) is 9.47 Å². The largest absolute Gasteiger partial charge is 0.481 e. The number of carboxylic acids is 1. The Kier molecular flexibility index (Phi) is 4.73. The molecule has 7 heteroatoms. The fourth-order valence-corrected chi connectivity index (χ4v) is 2.35. The van der Waals surface area contributed by atoms with E-state index in [-0.39, 0.29) is 12.6 Å². The lowest BCUT2D eigenvalue weighted by Crippen LogP contribution is -2.43. The zero-order chi connectivity index (χ0) is 14.5. The summed E-state index contributed by atoms with van der Waals surface area (Å²) < 4.78 is 10.6. The third-order valence-electron chi connectivity index (χ3n) is 3.29. The van der Waals surface area contributed by atoms with Crippen LogP contribution < -0.4 is 9.64 Å². The first kappa shape index (κ1) is 14.5. The number of rotatable bonds is 6. The maximum atomic E-state index is 11.3. The van der Waals surface area contributed by atoms with Crippen molar-refractivity contribution < 1.29 is 19.4 Å². The molecule has 0 radical (unpaired) electrons. The number of anilines is 1. The number of likely N-dealkylation sites (N-methyl/N-ethyl adjacent to an activating group) is 1. The van der Waals surface area contributed by atoms with Crippen LogP contribution in [0.25, 0.3) is 0 Å². The van der Waals surface area contributed by atoms with Crippen molar-refractivity contribution in [3.05, 3.63) is 12.4 Å². The lowest BCUT2D eigenvalue weighted by atomic mass is 10.0. The molecule has 1 saturated heterocycles. The van der Waals surface area contributed by atoms with Gasteiger partial charge in [0, 0.05) is 6.54 Å². The summed E-state index contributed by atoms with van der Waals surface area (Å²) in [5, 5.41) is 9.25. The van der Waals surface area contributed by atoms with Crippen LogP contribution in [0.15, 0.2) is 12.4 Å². The van der Waals surface area contributed by atoms with E-state index < -0.39 is 11.9 Å². The minimum absolute atomic E-state index is 0.231. The van der Waals surface area contributed by atoms with Crippen LogP contribution in [0.3, 0.4) is 0 Å². The highest BCUT2D eigenvalue weighted by molar-refractivity contribution is 5.72. The Morgan fingerprint density at radius 1 is 1.50 bits per heavy atom. The molecule has 0 amide bonds.